The fourth-order valence-electron chi connectivity index (χ4n) is 1.28. The highest BCUT2D eigenvalue weighted by atomic mass is 16.6. The van der Waals surface area contributed by atoms with Crippen molar-refractivity contribution < 1.29 is 14.3 Å². The molecule has 0 spiro atoms. The highest BCUT2D eigenvalue weighted by molar-refractivity contribution is 5.76. The van der Waals surface area contributed by atoms with Crippen LogP contribution in [-0.4, -0.2) is 18.2 Å². The van der Waals surface area contributed by atoms with Gasteiger partial charge in [0.2, 0.25) is 0 Å². The Morgan fingerprint density at radius 2 is 1.67 bits per heavy atom. The Morgan fingerprint density at radius 3 is 2.06 bits per heavy atom. The van der Waals surface area contributed by atoms with Gasteiger partial charge in [-0.15, -0.1) is 0 Å². The van der Waals surface area contributed by atoms with Crippen molar-refractivity contribution >= 4 is 5.97 Å². The topological polar surface area (TPSA) is 35.5 Å². The highest BCUT2D eigenvalue weighted by Gasteiger charge is 2.33. The van der Waals surface area contributed by atoms with E-state index in [0.717, 1.165) is 18.6 Å². The first-order chi connectivity index (χ1) is 8.12. The molecule has 0 amide bonds. The van der Waals surface area contributed by atoms with Crippen molar-refractivity contribution in [2.45, 2.75) is 66.9 Å². The minimum absolute atomic E-state index is 0.220. The van der Waals surface area contributed by atoms with E-state index in [1.165, 1.54) is 0 Å². The van der Waals surface area contributed by atoms with E-state index in [1.807, 2.05) is 47.6 Å². The van der Waals surface area contributed by atoms with Gasteiger partial charge in [-0.2, -0.15) is 0 Å². The molecule has 0 atom stereocenters. The molecule has 0 aromatic carbocycles. The van der Waals surface area contributed by atoms with Gasteiger partial charge in [-0.1, -0.05) is 13.8 Å². The van der Waals surface area contributed by atoms with Crippen LogP contribution < -0.4 is 0 Å². The molecular formula is C15H28O3. The number of allylic oxidation sites excluding steroid dienone is 2. The maximum Gasteiger partial charge on any atom is 0.315 e. The Morgan fingerprint density at radius 1 is 1.11 bits per heavy atom. The van der Waals surface area contributed by atoms with E-state index in [4.69, 9.17) is 9.47 Å². The smallest absolute Gasteiger partial charge is 0.315 e. The summed E-state index contributed by atoms with van der Waals surface area (Å²) in [5, 5.41) is 0. The zero-order valence-corrected chi connectivity index (χ0v) is 12.9. The van der Waals surface area contributed by atoms with Crippen molar-refractivity contribution in [2.75, 3.05) is 6.61 Å². The maximum absolute atomic E-state index is 12.0. The summed E-state index contributed by atoms with van der Waals surface area (Å²) in [5.74, 6) is 0.719. The number of carbonyl (C=O) groups excluding carboxylic acids is 1. The number of rotatable bonds is 6. The SMILES string of the molecule is CCC=C(CC)OCC(C)(C)C(=O)OC(C)(C)C. The Hall–Kier alpha value is -0.990. The van der Waals surface area contributed by atoms with Gasteiger partial charge in [0.25, 0.3) is 0 Å². The van der Waals surface area contributed by atoms with Crippen LogP contribution in [0.5, 0.6) is 0 Å². The summed E-state index contributed by atoms with van der Waals surface area (Å²) in [7, 11) is 0. The molecule has 0 aromatic rings. The van der Waals surface area contributed by atoms with Crippen molar-refractivity contribution in [1.82, 2.24) is 0 Å². The first-order valence-electron chi connectivity index (χ1n) is 6.67. The molecule has 0 aliphatic carbocycles. The Kier molecular flexibility index (Phi) is 6.44. The molecule has 0 saturated heterocycles. The van der Waals surface area contributed by atoms with Gasteiger partial charge < -0.3 is 9.47 Å². The van der Waals surface area contributed by atoms with Gasteiger partial charge in [-0.05, 0) is 47.1 Å². The second kappa shape index (κ2) is 6.81. The minimum Gasteiger partial charge on any atom is -0.497 e. The Labute approximate surface area is 112 Å². The van der Waals surface area contributed by atoms with Crippen molar-refractivity contribution in [3.63, 3.8) is 0 Å². The second-order valence-corrected chi connectivity index (χ2v) is 6.11. The third kappa shape index (κ3) is 6.67. The van der Waals surface area contributed by atoms with Gasteiger partial charge in [-0.3, -0.25) is 4.79 Å². The predicted molar refractivity (Wildman–Crippen MR) is 74.2 cm³/mol. The third-order valence-corrected chi connectivity index (χ3v) is 2.35. The van der Waals surface area contributed by atoms with Gasteiger partial charge in [-0.25, -0.2) is 0 Å². The van der Waals surface area contributed by atoms with Crippen LogP contribution in [0.4, 0.5) is 0 Å². The molecule has 0 bridgehead atoms. The molecule has 0 radical (unpaired) electrons. The molecule has 0 aliphatic rings. The third-order valence-electron chi connectivity index (χ3n) is 2.35. The molecule has 0 fully saturated rings. The fourth-order valence-corrected chi connectivity index (χ4v) is 1.28. The molecule has 0 aliphatic heterocycles. The largest absolute Gasteiger partial charge is 0.497 e. The Balaban J connectivity index is 4.47. The van der Waals surface area contributed by atoms with Gasteiger partial charge >= 0.3 is 5.97 Å². The summed E-state index contributed by atoms with van der Waals surface area (Å²) in [5.41, 5.74) is -1.09. The van der Waals surface area contributed by atoms with Crippen LogP contribution in [0.15, 0.2) is 11.8 Å². The van der Waals surface area contributed by atoms with Crippen molar-refractivity contribution in [2.24, 2.45) is 5.41 Å². The van der Waals surface area contributed by atoms with E-state index in [9.17, 15) is 4.79 Å². The van der Waals surface area contributed by atoms with Gasteiger partial charge in [0.05, 0.1) is 11.2 Å². The molecule has 106 valence electrons. The van der Waals surface area contributed by atoms with E-state index in [0.29, 0.717) is 6.61 Å². The standard InChI is InChI=1S/C15H28O3/c1-8-10-12(9-2)17-11-15(6,7)13(16)18-14(3,4)5/h10H,8-9,11H2,1-7H3. The average molecular weight is 256 g/mol. The zero-order valence-electron chi connectivity index (χ0n) is 12.9. The lowest BCUT2D eigenvalue weighted by Crippen LogP contribution is -2.36. The van der Waals surface area contributed by atoms with E-state index in [1.54, 1.807) is 0 Å². The number of carbonyl (C=O) groups is 1. The molecule has 3 heteroatoms. The van der Waals surface area contributed by atoms with E-state index in [-0.39, 0.29) is 5.97 Å². The molecule has 0 heterocycles. The lowest BCUT2D eigenvalue weighted by atomic mass is 9.94. The van der Waals surface area contributed by atoms with Crippen LogP contribution in [0.1, 0.15) is 61.3 Å². The summed E-state index contributed by atoms with van der Waals surface area (Å²) in [6.07, 6.45) is 3.83. The summed E-state index contributed by atoms with van der Waals surface area (Å²) < 4.78 is 11.1. The zero-order chi connectivity index (χ0) is 14.4. The fraction of sp³-hybridized carbons (Fsp3) is 0.800. The lowest BCUT2D eigenvalue weighted by Gasteiger charge is -2.28. The summed E-state index contributed by atoms with van der Waals surface area (Å²) in [4.78, 5) is 12.0. The van der Waals surface area contributed by atoms with Crippen LogP contribution in [0, 0.1) is 5.41 Å². The van der Waals surface area contributed by atoms with Crippen LogP contribution in [0.25, 0.3) is 0 Å². The molecule has 0 saturated carbocycles. The van der Waals surface area contributed by atoms with Gasteiger partial charge in [0, 0.05) is 6.42 Å². The van der Waals surface area contributed by atoms with Crippen LogP contribution in [-0.2, 0) is 14.3 Å². The van der Waals surface area contributed by atoms with Gasteiger partial charge in [0.15, 0.2) is 0 Å². The maximum atomic E-state index is 12.0. The second-order valence-electron chi connectivity index (χ2n) is 6.11. The lowest BCUT2D eigenvalue weighted by molar-refractivity contribution is -0.168. The van der Waals surface area contributed by atoms with Crippen LogP contribution in [0.2, 0.25) is 0 Å². The molecule has 0 rings (SSSR count). The summed E-state index contributed by atoms with van der Waals surface area (Å²) in [6, 6.07) is 0. The van der Waals surface area contributed by atoms with Crippen LogP contribution >= 0.6 is 0 Å². The van der Waals surface area contributed by atoms with Crippen molar-refractivity contribution in [3.05, 3.63) is 11.8 Å². The van der Waals surface area contributed by atoms with Crippen molar-refractivity contribution in [1.29, 1.82) is 0 Å². The average Bonchev–Trinajstić information content (AvgIpc) is 2.21. The first kappa shape index (κ1) is 17.0. The number of ether oxygens (including phenoxy) is 2. The minimum atomic E-state index is -0.630. The highest BCUT2D eigenvalue weighted by Crippen LogP contribution is 2.23. The van der Waals surface area contributed by atoms with Crippen LogP contribution in [0.3, 0.4) is 0 Å². The molecule has 0 N–H and O–H groups in total. The molecule has 0 unspecified atom stereocenters. The van der Waals surface area contributed by atoms with E-state index < -0.39 is 11.0 Å². The summed E-state index contributed by atoms with van der Waals surface area (Å²) >= 11 is 0. The Bertz CT molecular complexity index is 295. The molecule has 3 nitrogen and oxygen atoms in total. The summed E-state index contributed by atoms with van der Waals surface area (Å²) in [6.45, 7) is 13.8. The number of hydrogen-bond donors (Lipinski definition) is 0. The monoisotopic (exact) mass is 256 g/mol. The molecule has 18 heavy (non-hydrogen) atoms. The first-order valence-corrected chi connectivity index (χ1v) is 6.67. The van der Waals surface area contributed by atoms with E-state index >= 15 is 0 Å². The predicted octanol–water partition coefficient (Wildman–Crippen LogP) is 4.07. The van der Waals surface area contributed by atoms with Gasteiger partial charge in [0.1, 0.15) is 12.2 Å². The van der Waals surface area contributed by atoms with Crippen molar-refractivity contribution in [3.8, 4) is 0 Å². The quantitative estimate of drug-likeness (QED) is 0.530. The number of esters is 1. The van der Waals surface area contributed by atoms with E-state index in [2.05, 4.69) is 6.92 Å². The normalized spacial score (nSPS) is 13.4. The number of hydrogen-bond acceptors (Lipinski definition) is 3. The molecule has 0 aromatic heterocycles. The molecular weight excluding hydrogens is 228 g/mol.